The van der Waals surface area contributed by atoms with Crippen molar-refractivity contribution >= 4 is 0 Å². The van der Waals surface area contributed by atoms with Crippen LogP contribution >= 0.6 is 0 Å². The Morgan fingerprint density at radius 2 is 1.85 bits per heavy atom. The van der Waals surface area contributed by atoms with E-state index in [-0.39, 0.29) is 5.56 Å². The predicted octanol–water partition coefficient (Wildman–Crippen LogP) is 2.30. The molecule has 2 heterocycles. The Kier molecular flexibility index (Phi) is 4.53. The van der Waals surface area contributed by atoms with E-state index in [1.807, 2.05) is 6.07 Å². The Morgan fingerprint density at radius 3 is 2.55 bits per heavy atom. The number of nitrogens with zero attached hydrogens (tertiary/aromatic N) is 1. The SMILES string of the molecule is O=c1cc(CN2CCC(OC3CCCC3)CC2)cc[nH]1. The fourth-order valence-electron chi connectivity index (χ4n) is 3.35. The van der Waals surface area contributed by atoms with Gasteiger partial charge in [0.1, 0.15) is 0 Å². The topological polar surface area (TPSA) is 45.3 Å². The summed E-state index contributed by atoms with van der Waals surface area (Å²) in [6, 6.07) is 3.68. The summed E-state index contributed by atoms with van der Waals surface area (Å²) in [4.78, 5) is 16.4. The Balaban J connectivity index is 1.45. The zero-order valence-corrected chi connectivity index (χ0v) is 12.0. The number of nitrogens with one attached hydrogen (secondary N) is 1. The maximum Gasteiger partial charge on any atom is 0.248 e. The standard InChI is InChI=1S/C16H24N2O2/c19-16-11-13(5-8-17-16)12-18-9-6-15(7-10-18)20-14-3-1-2-4-14/h5,8,11,14-15H,1-4,6-7,9-10,12H2,(H,17,19). The van der Waals surface area contributed by atoms with Crippen LogP contribution in [-0.2, 0) is 11.3 Å². The van der Waals surface area contributed by atoms with Crippen LogP contribution in [0.4, 0.5) is 0 Å². The Hall–Kier alpha value is -1.13. The molecular weight excluding hydrogens is 252 g/mol. The van der Waals surface area contributed by atoms with Crippen molar-refractivity contribution in [1.82, 2.24) is 9.88 Å². The Labute approximate surface area is 120 Å². The van der Waals surface area contributed by atoms with Gasteiger partial charge in [-0.25, -0.2) is 0 Å². The van der Waals surface area contributed by atoms with E-state index < -0.39 is 0 Å². The molecule has 3 rings (SSSR count). The van der Waals surface area contributed by atoms with Gasteiger partial charge in [-0.2, -0.15) is 0 Å². The average molecular weight is 276 g/mol. The van der Waals surface area contributed by atoms with E-state index in [4.69, 9.17) is 4.74 Å². The lowest BCUT2D eigenvalue weighted by molar-refractivity contribution is -0.0399. The van der Waals surface area contributed by atoms with Gasteiger partial charge < -0.3 is 9.72 Å². The third kappa shape index (κ3) is 3.70. The van der Waals surface area contributed by atoms with E-state index in [2.05, 4.69) is 9.88 Å². The molecule has 0 aromatic carbocycles. The van der Waals surface area contributed by atoms with Crippen LogP contribution in [0.25, 0.3) is 0 Å². The van der Waals surface area contributed by atoms with Crippen molar-refractivity contribution in [2.75, 3.05) is 13.1 Å². The molecule has 4 nitrogen and oxygen atoms in total. The van der Waals surface area contributed by atoms with Gasteiger partial charge in [-0.15, -0.1) is 0 Å². The number of aromatic nitrogens is 1. The number of aromatic amines is 1. The second kappa shape index (κ2) is 6.55. The van der Waals surface area contributed by atoms with E-state index in [9.17, 15) is 4.79 Å². The van der Waals surface area contributed by atoms with Gasteiger partial charge in [0.25, 0.3) is 0 Å². The largest absolute Gasteiger partial charge is 0.375 e. The van der Waals surface area contributed by atoms with E-state index in [0.29, 0.717) is 12.2 Å². The molecule has 1 saturated heterocycles. The lowest BCUT2D eigenvalue weighted by Crippen LogP contribution is -2.37. The fraction of sp³-hybridized carbons (Fsp3) is 0.688. The second-order valence-electron chi connectivity index (χ2n) is 6.08. The highest BCUT2D eigenvalue weighted by molar-refractivity contribution is 5.09. The van der Waals surface area contributed by atoms with Crippen LogP contribution in [0.3, 0.4) is 0 Å². The molecule has 0 atom stereocenters. The maximum absolute atomic E-state index is 11.3. The number of rotatable bonds is 4. The van der Waals surface area contributed by atoms with Gasteiger partial charge in [-0.1, -0.05) is 12.8 Å². The minimum Gasteiger partial charge on any atom is -0.375 e. The first kappa shape index (κ1) is 13.8. The summed E-state index contributed by atoms with van der Waals surface area (Å²) in [5, 5.41) is 0. The molecule has 110 valence electrons. The highest BCUT2D eigenvalue weighted by Gasteiger charge is 2.24. The lowest BCUT2D eigenvalue weighted by atomic mass is 10.1. The van der Waals surface area contributed by atoms with Gasteiger partial charge in [0, 0.05) is 31.9 Å². The molecule has 1 aliphatic heterocycles. The summed E-state index contributed by atoms with van der Waals surface area (Å²) in [6.45, 7) is 3.02. The number of ether oxygens (including phenoxy) is 1. The summed E-state index contributed by atoms with van der Waals surface area (Å²) in [6.07, 6.45) is 10.2. The molecule has 1 saturated carbocycles. The number of piperidine rings is 1. The van der Waals surface area contributed by atoms with Crippen molar-refractivity contribution in [3.8, 4) is 0 Å². The summed E-state index contributed by atoms with van der Waals surface area (Å²) >= 11 is 0. The number of likely N-dealkylation sites (tertiary alicyclic amines) is 1. The van der Waals surface area contributed by atoms with Crippen molar-refractivity contribution in [1.29, 1.82) is 0 Å². The van der Waals surface area contributed by atoms with Crippen LogP contribution in [-0.4, -0.2) is 35.2 Å². The highest BCUT2D eigenvalue weighted by atomic mass is 16.5. The number of hydrogen-bond donors (Lipinski definition) is 1. The number of pyridine rings is 1. The molecule has 4 heteroatoms. The molecule has 0 bridgehead atoms. The van der Waals surface area contributed by atoms with Gasteiger partial charge in [0.2, 0.25) is 5.56 Å². The molecule has 0 amide bonds. The molecule has 0 unspecified atom stereocenters. The zero-order chi connectivity index (χ0) is 13.8. The molecule has 1 aromatic heterocycles. The fourth-order valence-corrected chi connectivity index (χ4v) is 3.35. The highest BCUT2D eigenvalue weighted by Crippen LogP contribution is 2.25. The molecule has 1 aromatic rings. The van der Waals surface area contributed by atoms with Crippen LogP contribution in [0.2, 0.25) is 0 Å². The van der Waals surface area contributed by atoms with Crippen LogP contribution in [0.15, 0.2) is 23.1 Å². The first-order chi connectivity index (χ1) is 9.79. The van der Waals surface area contributed by atoms with Crippen molar-refractivity contribution in [2.45, 2.75) is 57.3 Å². The van der Waals surface area contributed by atoms with Crippen molar-refractivity contribution < 1.29 is 4.74 Å². The smallest absolute Gasteiger partial charge is 0.248 e. The monoisotopic (exact) mass is 276 g/mol. The Morgan fingerprint density at radius 1 is 1.15 bits per heavy atom. The molecule has 2 fully saturated rings. The van der Waals surface area contributed by atoms with Gasteiger partial charge in [-0.3, -0.25) is 9.69 Å². The van der Waals surface area contributed by atoms with E-state index in [1.54, 1.807) is 12.3 Å². The first-order valence-corrected chi connectivity index (χ1v) is 7.85. The van der Waals surface area contributed by atoms with E-state index >= 15 is 0 Å². The normalized spacial score (nSPS) is 22.4. The second-order valence-corrected chi connectivity index (χ2v) is 6.08. The van der Waals surface area contributed by atoms with Crippen molar-refractivity contribution in [3.05, 3.63) is 34.2 Å². The number of H-pyrrole nitrogens is 1. The quantitative estimate of drug-likeness (QED) is 0.918. The molecule has 0 spiro atoms. The lowest BCUT2D eigenvalue weighted by Gasteiger charge is -2.33. The number of hydrogen-bond acceptors (Lipinski definition) is 3. The van der Waals surface area contributed by atoms with Gasteiger partial charge >= 0.3 is 0 Å². The zero-order valence-electron chi connectivity index (χ0n) is 12.0. The minimum atomic E-state index is -0.0121. The molecule has 20 heavy (non-hydrogen) atoms. The predicted molar refractivity (Wildman–Crippen MR) is 78.7 cm³/mol. The molecule has 2 aliphatic rings. The molecule has 0 radical (unpaired) electrons. The van der Waals surface area contributed by atoms with Crippen molar-refractivity contribution in [3.63, 3.8) is 0 Å². The van der Waals surface area contributed by atoms with Crippen LogP contribution < -0.4 is 5.56 Å². The van der Waals surface area contributed by atoms with E-state index in [0.717, 1.165) is 38.0 Å². The summed E-state index contributed by atoms with van der Waals surface area (Å²) in [5.41, 5.74) is 1.09. The third-order valence-corrected chi connectivity index (χ3v) is 4.47. The van der Waals surface area contributed by atoms with Gasteiger partial charge in [-0.05, 0) is 37.3 Å². The summed E-state index contributed by atoms with van der Waals surface area (Å²) < 4.78 is 6.19. The molecule has 1 aliphatic carbocycles. The molecular formula is C16H24N2O2. The van der Waals surface area contributed by atoms with Gasteiger partial charge in [0.15, 0.2) is 0 Å². The van der Waals surface area contributed by atoms with Crippen LogP contribution in [0.1, 0.15) is 44.1 Å². The molecule has 1 N–H and O–H groups in total. The first-order valence-electron chi connectivity index (χ1n) is 7.85. The summed E-state index contributed by atoms with van der Waals surface area (Å²) in [5.74, 6) is 0. The van der Waals surface area contributed by atoms with Gasteiger partial charge in [0.05, 0.1) is 12.2 Å². The Bertz CT molecular complexity index is 471. The summed E-state index contributed by atoms with van der Waals surface area (Å²) in [7, 11) is 0. The van der Waals surface area contributed by atoms with Crippen LogP contribution in [0, 0.1) is 0 Å². The van der Waals surface area contributed by atoms with Crippen LogP contribution in [0.5, 0.6) is 0 Å². The average Bonchev–Trinajstić information content (AvgIpc) is 2.94. The minimum absolute atomic E-state index is 0.0121. The van der Waals surface area contributed by atoms with E-state index in [1.165, 1.54) is 25.7 Å². The third-order valence-electron chi connectivity index (χ3n) is 4.47. The van der Waals surface area contributed by atoms with Crippen molar-refractivity contribution in [2.24, 2.45) is 0 Å². The maximum atomic E-state index is 11.3.